The van der Waals surface area contributed by atoms with Crippen LogP contribution in [0.25, 0.3) is 0 Å². The van der Waals surface area contributed by atoms with Gasteiger partial charge in [0.15, 0.2) is 0 Å². The van der Waals surface area contributed by atoms with Gasteiger partial charge in [-0.15, -0.1) is 11.3 Å². The average Bonchev–Trinajstić information content (AvgIpc) is 2.64. The fourth-order valence-corrected chi connectivity index (χ4v) is 2.93. The molecular weight excluding hydrogens is 238 g/mol. The summed E-state index contributed by atoms with van der Waals surface area (Å²) < 4.78 is 5.66. The van der Waals surface area contributed by atoms with Crippen LogP contribution in [0.3, 0.4) is 0 Å². The van der Waals surface area contributed by atoms with Gasteiger partial charge in [-0.05, 0) is 13.8 Å². The van der Waals surface area contributed by atoms with E-state index in [4.69, 9.17) is 10.5 Å². The van der Waals surface area contributed by atoms with Crippen LogP contribution in [-0.4, -0.2) is 41.1 Å². The van der Waals surface area contributed by atoms with Crippen LogP contribution in [0, 0.1) is 0 Å². The van der Waals surface area contributed by atoms with Crippen molar-refractivity contribution in [2.75, 3.05) is 13.1 Å². The third-order valence-corrected chi connectivity index (χ3v) is 3.49. The molecule has 0 saturated carbocycles. The van der Waals surface area contributed by atoms with Crippen LogP contribution in [0.5, 0.6) is 0 Å². The number of thiazole rings is 1. The fourth-order valence-electron chi connectivity index (χ4n) is 2.10. The number of rotatable bonds is 3. The van der Waals surface area contributed by atoms with E-state index in [2.05, 4.69) is 23.7 Å². The summed E-state index contributed by atoms with van der Waals surface area (Å²) in [7, 11) is 0. The maximum absolute atomic E-state index is 10.9. The second-order valence-electron chi connectivity index (χ2n) is 4.44. The van der Waals surface area contributed by atoms with Crippen molar-refractivity contribution >= 4 is 17.2 Å². The SMILES string of the molecule is C[C@@H]1CN(Cc2nc(C(N)=O)cs2)C[C@H](C)O1. The van der Waals surface area contributed by atoms with Crippen molar-refractivity contribution in [3.63, 3.8) is 0 Å². The maximum Gasteiger partial charge on any atom is 0.268 e. The largest absolute Gasteiger partial charge is 0.373 e. The average molecular weight is 255 g/mol. The first-order valence-electron chi connectivity index (χ1n) is 5.66. The number of aromatic nitrogens is 1. The van der Waals surface area contributed by atoms with Crippen molar-refractivity contribution in [1.82, 2.24) is 9.88 Å². The highest BCUT2D eigenvalue weighted by Gasteiger charge is 2.23. The molecule has 2 N–H and O–H groups in total. The van der Waals surface area contributed by atoms with Gasteiger partial charge in [0.2, 0.25) is 0 Å². The van der Waals surface area contributed by atoms with Crippen LogP contribution in [0.1, 0.15) is 29.3 Å². The van der Waals surface area contributed by atoms with Crippen LogP contribution in [0.15, 0.2) is 5.38 Å². The third kappa shape index (κ3) is 3.24. The van der Waals surface area contributed by atoms with Crippen molar-refractivity contribution in [2.24, 2.45) is 5.73 Å². The first-order chi connectivity index (χ1) is 8.04. The molecule has 0 spiro atoms. The molecule has 0 radical (unpaired) electrons. The molecular formula is C11H17N3O2S. The van der Waals surface area contributed by atoms with Crippen LogP contribution >= 0.6 is 11.3 Å². The van der Waals surface area contributed by atoms with Crippen molar-refractivity contribution < 1.29 is 9.53 Å². The van der Waals surface area contributed by atoms with E-state index >= 15 is 0 Å². The van der Waals surface area contributed by atoms with Gasteiger partial charge >= 0.3 is 0 Å². The zero-order valence-electron chi connectivity index (χ0n) is 10.0. The highest BCUT2D eigenvalue weighted by Crippen LogP contribution is 2.16. The lowest BCUT2D eigenvalue weighted by atomic mass is 10.2. The molecule has 17 heavy (non-hydrogen) atoms. The van der Waals surface area contributed by atoms with E-state index in [9.17, 15) is 4.79 Å². The number of carbonyl (C=O) groups is 1. The van der Waals surface area contributed by atoms with Gasteiger partial charge in [-0.3, -0.25) is 9.69 Å². The number of amides is 1. The summed E-state index contributed by atoms with van der Waals surface area (Å²) in [5.41, 5.74) is 5.54. The molecule has 0 aliphatic carbocycles. The van der Waals surface area contributed by atoms with Gasteiger partial charge in [-0.2, -0.15) is 0 Å². The number of primary amides is 1. The number of nitrogens with zero attached hydrogens (tertiary/aromatic N) is 2. The van der Waals surface area contributed by atoms with Gasteiger partial charge in [0.05, 0.1) is 18.8 Å². The minimum atomic E-state index is -0.462. The first-order valence-corrected chi connectivity index (χ1v) is 6.54. The van der Waals surface area contributed by atoms with E-state index in [0.29, 0.717) is 5.69 Å². The standard InChI is InChI=1S/C11H17N3O2S/c1-7-3-14(4-8(2)16-7)5-10-13-9(6-17-10)11(12)15/h6-8H,3-5H2,1-2H3,(H2,12,15)/t7-,8+. The Morgan fingerprint density at radius 1 is 1.59 bits per heavy atom. The van der Waals surface area contributed by atoms with Crippen LogP contribution in [0.2, 0.25) is 0 Å². The summed E-state index contributed by atoms with van der Waals surface area (Å²) in [5.74, 6) is -0.462. The Hall–Kier alpha value is -0.980. The molecule has 1 aromatic rings. The summed E-state index contributed by atoms with van der Waals surface area (Å²) in [4.78, 5) is 17.5. The second kappa shape index (κ2) is 5.12. The van der Waals surface area contributed by atoms with Crippen LogP contribution in [-0.2, 0) is 11.3 Å². The Morgan fingerprint density at radius 2 is 2.24 bits per heavy atom. The zero-order chi connectivity index (χ0) is 12.4. The van der Waals surface area contributed by atoms with Crippen LogP contribution < -0.4 is 5.73 Å². The van der Waals surface area contributed by atoms with Gasteiger partial charge in [-0.1, -0.05) is 0 Å². The molecule has 2 rings (SSSR count). The van der Waals surface area contributed by atoms with Gasteiger partial charge in [0, 0.05) is 18.5 Å². The summed E-state index contributed by atoms with van der Waals surface area (Å²) in [6.45, 7) is 6.69. The molecule has 0 unspecified atom stereocenters. The summed E-state index contributed by atoms with van der Waals surface area (Å²) >= 11 is 1.48. The maximum atomic E-state index is 10.9. The molecule has 1 aromatic heterocycles. The zero-order valence-corrected chi connectivity index (χ0v) is 10.9. The minimum absolute atomic E-state index is 0.245. The minimum Gasteiger partial charge on any atom is -0.373 e. The predicted octanol–water partition coefficient (Wildman–Crippen LogP) is 0.851. The monoisotopic (exact) mass is 255 g/mol. The molecule has 1 saturated heterocycles. The number of nitrogens with two attached hydrogens (primary N) is 1. The summed E-state index contributed by atoms with van der Waals surface area (Å²) in [5, 5.41) is 2.64. The molecule has 0 aromatic carbocycles. The first kappa shape index (κ1) is 12.5. The molecule has 1 aliphatic rings. The van der Waals surface area contributed by atoms with Crippen molar-refractivity contribution in [3.05, 3.63) is 16.1 Å². The van der Waals surface area contributed by atoms with Crippen molar-refractivity contribution in [3.8, 4) is 0 Å². The smallest absolute Gasteiger partial charge is 0.268 e. The van der Waals surface area contributed by atoms with E-state index in [0.717, 1.165) is 24.6 Å². The number of ether oxygens (including phenoxy) is 1. The molecule has 0 bridgehead atoms. The Morgan fingerprint density at radius 3 is 2.76 bits per heavy atom. The molecule has 94 valence electrons. The molecule has 1 amide bonds. The lowest BCUT2D eigenvalue weighted by molar-refractivity contribution is -0.0705. The normalized spacial score (nSPS) is 26.0. The fraction of sp³-hybridized carbons (Fsp3) is 0.636. The van der Waals surface area contributed by atoms with Gasteiger partial charge in [0.1, 0.15) is 10.7 Å². The van der Waals surface area contributed by atoms with Crippen molar-refractivity contribution in [2.45, 2.75) is 32.6 Å². The Labute approximate surface area is 105 Å². The number of hydrogen-bond acceptors (Lipinski definition) is 5. The van der Waals surface area contributed by atoms with Gasteiger partial charge in [-0.25, -0.2) is 4.98 Å². The van der Waals surface area contributed by atoms with Crippen LogP contribution in [0.4, 0.5) is 0 Å². The predicted molar refractivity (Wildman–Crippen MR) is 65.9 cm³/mol. The quantitative estimate of drug-likeness (QED) is 0.869. The van der Waals surface area contributed by atoms with E-state index in [1.54, 1.807) is 5.38 Å². The molecule has 2 atom stereocenters. The van der Waals surface area contributed by atoms with Crippen molar-refractivity contribution in [1.29, 1.82) is 0 Å². The lowest BCUT2D eigenvalue weighted by Crippen LogP contribution is -2.44. The number of morpholine rings is 1. The third-order valence-electron chi connectivity index (χ3n) is 2.66. The highest BCUT2D eigenvalue weighted by molar-refractivity contribution is 7.09. The number of carbonyl (C=O) groups excluding carboxylic acids is 1. The summed E-state index contributed by atoms with van der Waals surface area (Å²) in [6, 6.07) is 0. The molecule has 1 fully saturated rings. The molecule has 1 aliphatic heterocycles. The Kier molecular flexibility index (Phi) is 3.76. The highest BCUT2D eigenvalue weighted by atomic mass is 32.1. The van der Waals surface area contributed by atoms with E-state index < -0.39 is 5.91 Å². The lowest BCUT2D eigenvalue weighted by Gasteiger charge is -2.34. The Bertz CT molecular complexity index is 397. The molecule has 5 nitrogen and oxygen atoms in total. The van der Waals surface area contributed by atoms with Gasteiger partial charge < -0.3 is 10.5 Å². The van der Waals surface area contributed by atoms with E-state index in [1.807, 2.05) is 0 Å². The van der Waals surface area contributed by atoms with E-state index in [-0.39, 0.29) is 12.2 Å². The molecule has 2 heterocycles. The molecule has 6 heteroatoms. The Balaban J connectivity index is 1.97. The summed E-state index contributed by atoms with van der Waals surface area (Å²) in [6.07, 6.45) is 0.489. The second-order valence-corrected chi connectivity index (χ2v) is 5.38. The topological polar surface area (TPSA) is 68.5 Å². The van der Waals surface area contributed by atoms with Gasteiger partial charge in [0.25, 0.3) is 5.91 Å². The van der Waals surface area contributed by atoms with E-state index in [1.165, 1.54) is 11.3 Å². The number of hydrogen-bond donors (Lipinski definition) is 1.